The Morgan fingerprint density at radius 1 is 0.886 bits per heavy atom. The number of carboxylic acid groups (broad SMARTS) is 1. The molecule has 5 saturated carbocycles. The SMILES string of the molecule is C=C(C)[C@@H]1CC[C@]2(C(=O)O)CC[C@]3(C)[C@H](CC[C@@H]4[C@@]5(C)CC[C@H](O)C(C)(C)[C@@H]5[C@@H](O)[C@H](O)[C@]43C)[C@@H]12. The first kappa shape index (κ1) is 25.7. The summed E-state index contributed by atoms with van der Waals surface area (Å²) in [7, 11) is 0. The second-order valence-electron chi connectivity index (χ2n) is 14.7. The number of carbonyl (C=O) groups is 1. The van der Waals surface area contributed by atoms with E-state index in [0.717, 1.165) is 44.1 Å². The Labute approximate surface area is 211 Å². The molecule has 0 aromatic rings. The average molecular weight is 489 g/mol. The summed E-state index contributed by atoms with van der Waals surface area (Å²) in [6, 6.07) is 0. The van der Waals surface area contributed by atoms with Gasteiger partial charge in [-0.15, -0.1) is 0 Å². The Kier molecular flexibility index (Phi) is 5.56. The van der Waals surface area contributed by atoms with E-state index < -0.39 is 40.5 Å². The lowest BCUT2D eigenvalue weighted by atomic mass is 9.31. The first-order valence-corrected chi connectivity index (χ1v) is 14.0. The van der Waals surface area contributed by atoms with Crippen LogP contribution in [-0.4, -0.2) is 44.7 Å². The quantitative estimate of drug-likeness (QED) is 0.409. The van der Waals surface area contributed by atoms with E-state index in [1.54, 1.807) is 0 Å². The van der Waals surface area contributed by atoms with Gasteiger partial charge in [-0.25, -0.2) is 0 Å². The van der Waals surface area contributed by atoms with Gasteiger partial charge in [-0.2, -0.15) is 0 Å². The molecule has 0 bridgehead atoms. The summed E-state index contributed by atoms with van der Waals surface area (Å²) in [5.74, 6) is -0.194. The van der Waals surface area contributed by atoms with Gasteiger partial charge in [-0.1, -0.05) is 46.8 Å². The van der Waals surface area contributed by atoms with Crippen molar-refractivity contribution >= 4 is 5.97 Å². The third kappa shape index (κ3) is 2.84. The molecule has 0 aromatic carbocycles. The fourth-order valence-electron chi connectivity index (χ4n) is 11.6. The second-order valence-corrected chi connectivity index (χ2v) is 14.7. The lowest BCUT2D eigenvalue weighted by Gasteiger charge is -2.74. The molecule has 0 heterocycles. The fraction of sp³-hybridized carbons (Fsp3) is 0.900. The maximum absolute atomic E-state index is 12.8. The summed E-state index contributed by atoms with van der Waals surface area (Å²) in [4.78, 5) is 12.8. The minimum Gasteiger partial charge on any atom is -0.481 e. The molecule has 5 heteroatoms. The zero-order valence-corrected chi connectivity index (χ0v) is 22.7. The fourth-order valence-corrected chi connectivity index (χ4v) is 11.6. The number of fused-ring (bicyclic) bond motifs is 7. The van der Waals surface area contributed by atoms with Crippen LogP contribution in [0.2, 0.25) is 0 Å². The molecule has 0 radical (unpaired) electrons. The minimum atomic E-state index is -0.909. The number of carboxylic acids is 1. The van der Waals surface area contributed by atoms with E-state index in [9.17, 15) is 25.2 Å². The van der Waals surface area contributed by atoms with Crippen LogP contribution < -0.4 is 0 Å². The van der Waals surface area contributed by atoms with Gasteiger partial charge >= 0.3 is 5.97 Å². The largest absolute Gasteiger partial charge is 0.481 e. The highest BCUT2D eigenvalue weighted by Crippen LogP contribution is 2.77. The van der Waals surface area contributed by atoms with E-state index in [1.165, 1.54) is 0 Å². The Bertz CT molecular complexity index is 928. The number of aliphatic hydroxyl groups excluding tert-OH is 3. The zero-order valence-electron chi connectivity index (χ0n) is 22.7. The van der Waals surface area contributed by atoms with Crippen LogP contribution in [0.3, 0.4) is 0 Å². The van der Waals surface area contributed by atoms with E-state index in [-0.39, 0.29) is 40.4 Å². The average Bonchev–Trinajstić information content (AvgIpc) is 3.17. The highest BCUT2D eigenvalue weighted by Gasteiger charge is 2.75. The van der Waals surface area contributed by atoms with Crippen molar-refractivity contribution in [3.8, 4) is 0 Å². The molecule has 5 nitrogen and oxygen atoms in total. The molecule has 5 aliphatic rings. The van der Waals surface area contributed by atoms with Crippen LogP contribution in [-0.2, 0) is 4.79 Å². The van der Waals surface area contributed by atoms with E-state index in [4.69, 9.17) is 0 Å². The normalized spacial score (nSPS) is 56.8. The predicted molar refractivity (Wildman–Crippen MR) is 135 cm³/mol. The van der Waals surface area contributed by atoms with Gasteiger partial charge in [-0.05, 0) is 98.2 Å². The van der Waals surface area contributed by atoms with Gasteiger partial charge in [0.05, 0.1) is 23.7 Å². The van der Waals surface area contributed by atoms with Crippen LogP contribution in [0, 0.1) is 56.7 Å². The molecule has 4 N–H and O–H groups in total. The number of hydrogen-bond donors (Lipinski definition) is 4. The van der Waals surface area contributed by atoms with Gasteiger partial charge < -0.3 is 20.4 Å². The molecule has 0 aliphatic heterocycles. The maximum atomic E-state index is 12.8. The van der Waals surface area contributed by atoms with Crippen molar-refractivity contribution in [2.24, 2.45) is 56.7 Å². The maximum Gasteiger partial charge on any atom is 0.309 e. The van der Waals surface area contributed by atoms with Gasteiger partial charge in [-0.3, -0.25) is 4.79 Å². The molecule has 0 amide bonds. The van der Waals surface area contributed by atoms with Crippen LogP contribution in [0.1, 0.15) is 92.9 Å². The Morgan fingerprint density at radius 2 is 1.54 bits per heavy atom. The molecule has 35 heavy (non-hydrogen) atoms. The summed E-state index contributed by atoms with van der Waals surface area (Å²) in [6.45, 7) is 17.3. The standard InChI is InChI=1S/C30H48O5/c1-16(2)17-10-13-30(25(34)35)15-14-28(6)18(21(17)30)8-9-19-27(5)12-11-20(31)26(3,4)23(27)22(32)24(33)29(19,28)7/h17-24,31-33H,1,8-15H2,2-7H3,(H,34,35)/t17-,18+,19+,20-,21+,22+,23-,24-,27+,28+,29-,30-/m0/s1. The van der Waals surface area contributed by atoms with Gasteiger partial charge in [0.15, 0.2) is 0 Å². The molecule has 0 spiro atoms. The Morgan fingerprint density at radius 3 is 2.14 bits per heavy atom. The molecule has 12 atom stereocenters. The van der Waals surface area contributed by atoms with E-state index in [0.29, 0.717) is 12.8 Å². The van der Waals surface area contributed by atoms with Gasteiger partial charge in [0.1, 0.15) is 0 Å². The van der Waals surface area contributed by atoms with Crippen molar-refractivity contribution in [1.29, 1.82) is 0 Å². The third-order valence-electron chi connectivity index (χ3n) is 13.5. The van der Waals surface area contributed by atoms with Crippen molar-refractivity contribution in [2.75, 3.05) is 0 Å². The molecule has 0 aromatic heterocycles. The summed E-state index contributed by atoms with van der Waals surface area (Å²) in [5.41, 5.74) is -1.06. The second kappa shape index (κ2) is 7.57. The molecule has 0 unspecified atom stereocenters. The number of allylic oxidation sites excluding steroid dienone is 1. The minimum absolute atomic E-state index is 0.0357. The van der Waals surface area contributed by atoms with Crippen molar-refractivity contribution < 1.29 is 25.2 Å². The molecule has 5 aliphatic carbocycles. The molecule has 0 saturated heterocycles. The van der Waals surface area contributed by atoms with Gasteiger partial charge in [0.25, 0.3) is 0 Å². The lowest BCUT2D eigenvalue weighted by Crippen LogP contribution is -2.75. The van der Waals surface area contributed by atoms with Crippen molar-refractivity contribution in [3.05, 3.63) is 12.2 Å². The van der Waals surface area contributed by atoms with Crippen LogP contribution in [0.5, 0.6) is 0 Å². The van der Waals surface area contributed by atoms with E-state index in [1.807, 2.05) is 0 Å². The number of hydrogen-bond acceptors (Lipinski definition) is 4. The highest BCUT2D eigenvalue weighted by molar-refractivity contribution is 5.76. The molecular formula is C30H48O5. The molecule has 5 rings (SSSR count). The molecule has 5 fully saturated rings. The number of rotatable bonds is 2. The topological polar surface area (TPSA) is 98.0 Å². The lowest BCUT2D eigenvalue weighted by molar-refractivity contribution is -0.315. The van der Waals surface area contributed by atoms with Gasteiger partial charge in [0.2, 0.25) is 0 Å². The van der Waals surface area contributed by atoms with Crippen LogP contribution in [0.4, 0.5) is 0 Å². The van der Waals surface area contributed by atoms with E-state index in [2.05, 4.69) is 48.1 Å². The predicted octanol–water partition coefficient (Wildman–Crippen LogP) is 5.03. The molecule has 198 valence electrons. The van der Waals surface area contributed by atoms with Crippen molar-refractivity contribution in [1.82, 2.24) is 0 Å². The van der Waals surface area contributed by atoms with Crippen LogP contribution in [0.15, 0.2) is 12.2 Å². The highest BCUT2D eigenvalue weighted by atomic mass is 16.4. The zero-order chi connectivity index (χ0) is 25.9. The van der Waals surface area contributed by atoms with E-state index >= 15 is 0 Å². The van der Waals surface area contributed by atoms with Crippen molar-refractivity contribution in [3.63, 3.8) is 0 Å². The molecular weight excluding hydrogens is 440 g/mol. The summed E-state index contributed by atoms with van der Waals surface area (Å²) >= 11 is 0. The van der Waals surface area contributed by atoms with Crippen LogP contribution in [0.25, 0.3) is 0 Å². The van der Waals surface area contributed by atoms with Gasteiger partial charge in [0, 0.05) is 11.3 Å². The smallest absolute Gasteiger partial charge is 0.309 e. The summed E-state index contributed by atoms with van der Waals surface area (Å²) < 4.78 is 0. The first-order valence-electron chi connectivity index (χ1n) is 14.0. The summed E-state index contributed by atoms with van der Waals surface area (Å²) in [5, 5.41) is 45.2. The monoisotopic (exact) mass is 488 g/mol. The van der Waals surface area contributed by atoms with Crippen molar-refractivity contribution in [2.45, 2.75) is 111 Å². The Balaban J connectivity index is 1.63. The Hall–Kier alpha value is -0.910. The number of aliphatic hydroxyl groups is 3. The first-order chi connectivity index (χ1) is 16.1. The van der Waals surface area contributed by atoms with Crippen LogP contribution >= 0.6 is 0 Å². The summed E-state index contributed by atoms with van der Waals surface area (Å²) in [6.07, 6.45) is 4.19. The third-order valence-corrected chi connectivity index (χ3v) is 13.5. The number of aliphatic carboxylic acids is 1.